The number of rotatable bonds is 23. The van der Waals surface area contributed by atoms with Crippen LogP contribution >= 0.6 is 0 Å². The monoisotopic (exact) mass is 778 g/mol. The fourth-order valence-electron chi connectivity index (χ4n) is 6.86. The van der Waals surface area contributed by atoms with Gasteiger partial charge in [0.1, 0.15) is 23.4 Å². The van der Waals surface area contributed by atoms with Crippen LogP contribution in [0.15, 0.2) is 84.9 Å². The van der Waals surface area contributed by atoms with E-state index in [9.17, 15) is 9.90 Å². The molecule has 3 N–H and O–H groups in total. The van der Waals surface area contributed by atoms with Gasteiger partial charge in [0, 0.05) is 49.9 Å². The molecule has 1 heterocycles. The zero-order chi connectivity index (χ0) is 39.7. The molecule has 304 valence electrons. The van der Waals surface area contributed by atoms with Gasteiger partial charge in [0.05, 0.1) is 78.1 Å². The third-order valence-corrected chi connectivity index (χ3v) is 9.54. The second-order valence-electron chi connectivity index (χ2n) is 13.5. The van der Waals surface area contributed by atoms with Crippen molar-refractivity contribution in [2.24, 2.45) is 0 Å². The number of likely N-dealkylation sites (tertiary alicyclic amines) is 1. The van der Waals surface area contributed by atoms with Crippen LogP contribution in [0.2, 0.25) is 0 Å². The van der Waals surface area contributed by atoms with E-state index in [0.717, 1.165) is 39.0 Å². The standard InChI is InChI=1S/C42H54N2O12/c1-49-28-34(45)29-55-40-25-43(41(46)14-8-21-56-44(47)48)24-39(54-26-30-22-32-10-4-6-12-36(32)38(23-30)51-3)42(40)31-15-17-35(18-16-31)53-20-9-19-52-27-33-11-5-7-13-37(33)50-2/h4-7,10-13,15-18,22-23,34,39-40,42,45,47-48H,8-9,14,19-21,24-29H2,1-3H3. The van der Waals surface area contributed by atoms with E-state index in [-0.39, 0.29) is 69.6 Å². The number of carbonyl (C=O) groups is 1. The lowest BCUT2D eigenvalue weighted by Crippen LogP contribution is -2.55. The van der Waals surface area contributed by atoms with E-state index in [1.54, 1.807) is 19.1 Å². The Morgan fingerprint density at radius 2 is 1.54 bits per heavy atom. The Kier molecular flexibility index (Phi) is 17.1. The number of benzene rings is 4. The number of piperidine rings is 1. The minimum atomic E-state index is -0.873. The van der Waals surface area contributed by atoms with Crippen LogP contribution in [-0.2, 0) is 41.8 Å². The van der Waals surface area contributed by atoms with E-state index in [4.69, 9.17) is 43.6 Å². The van der Waals surface area contributed by atoms with Crippen LogP contribution in [0.1, 0.15) is 41.9 Å². The smallest absolute Gasteiger partial charge is 0.222 e. The molecule has 1 aliphatic rings. The maximum Gasteiger partial charge on any atom is 0.222 e. The molecule has 0 aromatic heterocycles. The highest BCUT2D eigenvalue weighted by atomic mass is 17.1. The summed E-state index contributed by atoms with van der Waals surface area (Å²) in [7, 11) is 4.79. The second-order valence-corrected chi connectivity index (χ2v) is 13.5. The molecule has 1 saturated heterocycles. The summed E-state index contributed by atoms with van der Waals surface area (Å²) in [5.74, 6) is 1.74. The lowest BCUT2D eigenvalue weighted by Gasteiger charge is -2.44. The lowest BCUT2D eigenvalue weighted by atomic mass is 9.84. The van der Waals surface area contributed by atoms with Crippen molar-refractivity contribution in [3.05, 3.63) is 102 Å². The Hall–Kier alpha value is -4.35. The maximum absolute atomic E-state index is 13.5. The topological polar surface area (TPSA) is 158 Å². The minimum Gasteiger partial charge on any atom is -0.496 e. The van der Waals surface area contributed by atoms with Gasteiger partial charge in [0.2, 0.25) is 5.91 Å². The van der Waals surface area contributed by atoms with Crippen molar-refractivity contribution in [1.82, 2.24) is 10.3 Å². The number of hydrogen-bond acceptors (Lipinski definition) is 13. The number of methoxy groups -OCH3 is 3. The predicted molar refractivity (Wildman–Crippen MR) is 206 cm³/mol. The Bertz CT molecular complexity index is 1770. The zero-order valence-electron chi connectivity index (χ0n) is 32.3. The Balaban J connectivity index is 1.31. The van der Waals surface area contributed by atoms with E-state index in [1.807, 2.05) is 78.9 Å². The molecule has 1 aliphatic heterocycles. The molecule has 1 amide bonds. The molecular formula is C42H54N2O12. The summed E-state index contributed by atoms with van der Waals surface area (Å²) < 4.78 is 41.2. The quantitative estimate of drug-likeness (QED) is 0.0638. The van der Waals surface area contributed by atoms with Crippen molar-refractivity contribution in [3.63, 3.8) is 0 Å². The number of fused-ring (bicyclic) bond motifs is 1. The van der Waals surface area contributed by atoms with Crippen LogP contribution in [0.5, 0.6) is 17.2 Å². The molecule has 14 heteroatoms. The molecule has 0 aliphatic carbocycles. The Labute approximate surface area is 327 Å². The Morgan fingerprint density at radius 1 is 0.804 bits per heavy atom. The van der Waals surface area contributed by atoms with E-state index in [2.05, 4.69) is 10.9 Å². The van der Waals surface area contributed by atoms with Gasteiger partial charge in [-0.05, 0) is 53.3 Å². The minimum absolute atomic E-state index is 0.0113. The van der Waals surface area contributed by atoms with Gasteiger partial charge in [-0.25, -0.2) is 0 Å². The molecule has 4 aromatic rings. The van der Waals surface area contributed by atoms with Gasteiger partial charge in [-0.1, -0.05) is 54.6 Å². The molecule has 1 fully saturated rings. The zero-order valence-corrected chi connectivity index (χ0v) is 32.3. The second kappa shape index (κ2) is 22.4. The highest BCUT2D eigenvalue weighted by Gasteiger charge is 2.41. The Morgan fingerprint density at radius 3 is 2.29 bits per heavy atom. The highest BCUT2D eigenvalue weighted by Crippen LogP contribution is 2.36. The molecule has 4 aromatic carbocycles. The molecule has 0 spiro atoms. The van der Waals surface area contributed by atoms with Gasteiger partial charge in [0.25, 0.3) is 0 Å². The predicted octanol–water partition coefficient (Wildman–Crippen LogP) is 5.54. The van der Waals surface area contributed by atoms with E-state index >= 15 is 0 Å². The first kappa shape index (κ1) is 42.8. The number of aliphatic hydroxyl groups excluding tert-OH is 1. The van der Waals surface area contributed by atoms with Gasteiger partial charge in [0.15, 0.2) is 0 Å². The van der Waals surface area contributed by atoms with Crippen LogP contribution in [0.4, 0.5) is 0 Å². The van der Waals surface area contributed by atoms with Crippen LogP contribution in [-0.4, -0.2) is 117 Å². The number of carbonyl (C=O) groups excluding carboxylic acids is 1. The van der Waals surface area contributed by atoms with Gasteiger partial charge in [-0.2, -0.15) is 0 Å². The number of ether oxygens (including phenoxy) is 7. The van der Waals surface area contributed by atoms with Crippen molar-refractivity contribution in [1.29, 1.82) is 0 Å². The SMILES string of the molecule is COCC(O)COC1CN(C(=O)CCCON(O)O)CC(OCc2cc(OC)c3ccccc3c2)C1c1ccc(OCCCOCc2ccccc2OC)cc1. The largest absolute Gasteiger partial charge is 0.496 e. The summed E-state index contributed by atoms with van der Waals surface area (Å²) in [5.41, 5.74) is 2.82. The third-order valence-electron chi connectivity index (χ3n) is 9.54. The molecule has 0 bridgehead atoms. The summed E-state index contributed by atoms with van der Waals surface area (Å²) in [5, 5.41) is 30.0. The van der Waals surface area contributed by atoms with Crippen LogP contribution in [0.3, 0.4) is 0 Å². The van der Waals surface area contributed by atoms with Crippen LogP contribution < -0.4 is 14.2 Å². The number of aliphatic hydroxyl groups is 1. The molecule has 4 unspecified atom stereocenters. The number of para-hydroxylation sites is 1. The summed E-state index contributed by atoms with van der Waals surface area (Å²) in [6.45, 7) is 2.21. The normalized spacial score (nSPS) is 17.6. The number of nitrogens with zero attached hydrogens (tertiary/aromatic N) is 2. The van der Waals surface area contributed by atoms with Crippen LogP contribution in [0, 0.1) is 0 Å². The van der Waals surface area contributed by atoms with Crippen molar-refractivity contribution < 1.29 is 58.3 Å². The molecule has 0 saturated carbocycles. The summed E-state index contributed by atoms with van der Waals surface area (Å²) in [4.78, 5) is 19.9. The van der Waals surface area contributed by atoms with Gasteiger partial charge >= 0.3 is 0 Å². The van der Waals surface area contributed by atoms with E-state index < -0.39 is 18.3 Å². The molecule has 5 rings (SSSR count). The molecule has 14 nitrogen and oxygen atoms in total. The first-order valence-electron chi connectivity index (χ1n) is 18.8. The van der Waals surface area contributed by atoms with E-state index in [1.165, 1.54) is 7.11 Å². The molecule has 4 atom stereocenters. The lowest BCUT2D eigenvalue weighted by molar-refractivity contribution is -0.492. The van der Waals surface area contributed by atoms with Crippen molar-refractivity contribution in [3.8, 4) is 17.2 Å². The molecule has 56 heavy (non-hydrogen) atoms. The van der Waals surface area contributed by atoms with Gasteiger partial charge in [-0.3, -0.25) is 20.0 Å². The molecule has 0 radical (unpaired) electrons. The highest BCUT2D eigenvalue weighted by molar-refractivity contribution is 5.89. The van der Waals surface area contributed by atoms with Crippen molar-refractivity contribution >= 4 is 16.7 Å². The molecular weight excluding hydrogens is 724 g/mol. The van der Waals surface area contributed by atoms with Gasteiger partial charge in [-0.15, -0.1) is 0 Å². The summed E-state index contributed by atoms with van der Waals surface area (Å²) in [6.07, 6.45) is -0.880. The first-order chi connectivity index (χ1) is 27.3. The fourth-order valence-corrected chi connectivity index (χ4v) is 6.86. The van der Waals surface area contributed by atoms with Crippen molar-refractivity contribution in [2.45, 2.75) is 56.7 Å². The third kappa shape index (κ3) is 12.6. The van der Waals surface area contributed by atoms with E-state index in [0.29, 0.717) is 32.0 Å². The maximum atomic E-state index is 13.5. The summed E-state index contributed by atoms with van der Waals surface area (Å²) >= 11 is 0. The summed E-state index contributed by atoms with van der Waals surface area (Å²) in [6, 6.07) is 27.6. The fraction of sp³-hybridized carbons (Fsp3) is 0.452. The van der Waals surface area contributed by atoms with Gasteiger partial charge < -0.3 is 43.2 Å². The first-order valence-corrected chi connectivity index (χ1v) is 18.8. The average molecular weight is 779 g/mol. The van der Waals surface area contributed by atoms with Crippen LogP contribution in [0.25, 0.3) is 10.8 Å². The van der Waals surface area contributed by atoms with Crippen molar-refractivity contribution in [2.75, 3.05) is 67.5 Å². The number of hydrogen-bond donors (Lipinski definition) is 3. The number of amides is 1. The average Bonchev–Trinajstić information content (AvgIpc) is 3.21.